The maximum absolute atomic E-state index is 12.3. The second-order valence-corrected chi connectivity index (χ2v) is 5.53. The Kier molecular flexibility index (Phi) is 5.01. The number of rotatable bonds is 6. The standard InChI is InChI=1S/C17H19N5O3/c1-3-5-11(4-2)17(24)21-15-14-16(19-9-18-15)22(10-20-14)13-7-6-12(8-23)25-13/h3-5,9-10,12-13,23H,1-2,6-8H2,(H,18,19,21,24)/b11-5+. The summed E-state index contributed by atoms with van der Waals surface area (Å²) in [5.74, 6) is -0.0517. The normalized spacial score (nSPS) is 20.6. The van der Waals surface area contributed by atoms with Crippen LogP contribution in [0.2, 0.25) is 0 Å². The quantitative estimate of drug-likeness (QED) is 0.613. The summed E-state index contributed by atoms with van der Waals surface area (Å²) in [6.07, 6.45) is 8.57. The minimum atomic E-state index is -0.359. The fourth-order valence-corrected chi connectivity index (χ4v) is 2.72. The average molecular weight is 341 g/mol. The molecule has 0 bridgehead atoms. The van der Waals surface area contributed by atoms with Crippen molar-refractivity contribution in [3.8, 4) is 0 Å². The van der Waals surface area contributed by atoms with Crippen molar-refractivity contribution in [1.29, 1.82) is 0 Å². The molecule has 0 saturated carbocycles. The van der Waals surface area contributed by atoms with Gasteiger partial charge in [-0.25, -0.2) is 15.0 Å². The summed E-state index contributed by atoms with van der Waals surface area (Å²) >= 11 is 0. The van der Waals surface area contributed by atoms with E-state index in [1.54, 1.807) is 17.0 Å². The molecule has 1 amide bonds. The van der Waals surface area contributed by atoms with E-state index in [2.05, 4.69) is 33.4 Å². The van der Waals surface area contributed by atoms with Crippen LogP contribution in [0, 0.1) is 0 Å². The van der Waals surface area contributed by atoms with Gasteiger partial charge in [-0.05, 0) is 12.8 Å². The molecular formula is C17H19N5O3. The highest BCUT2D eigenvalue weighted by molar-refractivity contribution is 6.08. The Bertz CT molecular complexity index is 842. The lowest BCUT2D eigenvalue weighted by Crippen LogP contribution is -2.15. The lowest BCUT2D eigenvalue weighted by atomic mass is 10.2. The number of allylic oxidation sites excluding steroid dienone is 2. The SMILES string of the molecule is C=C/C=C(\C=C)C(=O)Nc1ncnc2c1ncn2C1CCC(CO)O1. The van der Waals surface area contributed by atoms with Crippen molar-refractivity contribution < 1.29 is 14.6 Å². The molecule has 0 radical (unpaired) electrons. The number of hydrogen-bond acceptors (Lipinski definition) is 6. The summed E-state index contributed by atoms with van der Waals surface area (Å²) in [5, 5.41) is 11.9. The zero-order valence-electron chi connectivity index (χ0n) is 13.6. The van der Waals surface area contributed by atoms with E-state index in [1.807, 2.05) is 0 Å². The minimum Gasteiger partial charge on any atom is -0.394 e. The Morgan fingerprint density at radius 3 is 2.92 bits per heavy atom. The molecule has 2 unspecified atom stereocenters. The molecule has 1 aliphatic rings. The molecule has 1 saturated heterocycles. The Morgan fingerprint density at radius 2 is 2.24 bits per heavy atom. The summed E-state index contributed by atoms with van der Waals surface area (Å²) in [7, 11) is 0. The van der Waals surface area contributed by atoms with Gasteiger partial charge in [0.1, 0.15) is 12.6 Å². The first kappa shape index (κ1) is 17.0. The van der Waals surface area contributed by atoms with Gasteiger partial charge in [0.05, 0.1) is 19.0 Å². The van der Waals surface area contributed by atoms with E-state index >= 15 is 0 Å². The fraction of sp³-hybridized carbons (Fsp3) is 0.294. The van der Waals surface area contributed by atoms with E-state index in [4.69, 9.17) is 4.74 Å². The molecule has 1 aliphatic heterocycles. The number of aromatic nitrogens is 4. The molecule has 0 spiro atoms. The second kappa shape index (κ2) is 7.37. The van der Waals surface area contributed by atoms with E-state index in [0.29, 0.717) is 22.6 Å². The van der Waals surface area contributed by atoms with Crippen LogP contribution in [-0.4, -0.2) is 43.2 Å². The first-order valence-electron chi connectivity index (χ1n) is 7.88. The summed E-state index contributed by atoms with van der Waals surface area (Å²) in [4.78, 5) is 24.9. The van der Waals surface area contributed by atoms with E-state index in [0.717, 1.165) is 12.8 Å². The predicted molar refractivity (Wildman–Crippen MR) is 92.7 cm³/mol. The molecule has 2 N–H and O–H groups in total. The van der Waals surface area contributed by atoms with Crippen molar-refractivity contribution in [3.63, 3.8) is 0 Å². The monoisotopic (exact) mass is 341 g/mol. The van der Waals surface area contributed by atoms with Crippen LogP contribution in [-0.2, 0) is 9.53 Å². The summed E-state index contributed by atoms with van der Waals surface area (Å²) in [5.41, 5.74) is 1.39. The number of anilines is 1. The van der Waals surface area contributed by atoms with E-state index in [1.165, 1.54) is 18.5 Å². The Labute approximate surface area is 144 Å². The molecule has 1 fully saturated rings. The first-order chi connectivity index (χ1) is 12.2. The molecule has 130 valence electrons. The zero-order valence-corrected chi connectivity index (χ0v) is 13.6. The number of nitrogens with zero attached hydrogens (tertiary/aromatic N) is 4. The van der Waals surface area contributed by atoms with Gasteiger partial charge in [0.15, 0.2) is 17.0 Å². The summed E-state index contributed by atoms with van der Waals surface area (Å²) in [6, 6.07) is 0. The number of aliphatic hydroxyl groups is 1. The van der Waals surface area contributed by atoms with Gasteiger partial charge in [-0.3, -0.25) is 9.36 Å². The zero-order chi connectivity index (χ0) is 17.8. The maximum Gasteiger partial charge on any atom is 0.256 e. The highest BCUT2D eigenvalue weighted by Gasteiger charge is 2.28. The minimum absolute atomic E-state index is 0.0145. The number of hydrogen-bond donors (Lipinski definition) is 2. The molecule has 2 aromatic heterocycles. The van der Waals surface area contributed by atoms with Gasteiger partial charge in [0.25, 0.3) is 5.91 Å². The highest BCUT2D eigenvalue weighted by Crippen LogP contribution is 2.31. The number of carbonyl (C=O) groups excluding carboxylic acids is 1. The van der Waals surface area contributed by atoms with Crippen LogP contribution in [0.3, 0.4) is 0 Å². The third kappa shape index (κ3) is 3.35. The van der Waals surface area contributed by atoms with Gasteiger partial charge in [-0.1, -0.05) is 31.4 Å². The lowest BCUT2D eigenvalue weighted by Gasteiger charge is -2.13. The van der Waals surface area contributed by atoms with Crippen LogP contribution in [0.15, 0.2) is 49.6 Å². The van der Waals surface area contributed by atoms with Crippen LogP contribution in [0.1, 0.15) is 19.1 Å². The molecular weight excluding hydrogens is 322 g/mol. The third-order valence-electron chi connectivity index (χ3n) is 3.97. The topological polar surface area (TPSA) is 102 Å². The van der Waals surface area contributed by atoms with Crippen LogP contribution in [0.5, 0.6) is 0 Å². The van der Waals surface area contributed by atoms with Crippen molar-refractivity contribution in [2.75, 3.05) is 11.9 Å². The number of amides is 1. The van der Waals surface area contributed by atoms with E-state index < -0.39 is 0 Å². The second-order valence-electron chi connectivity index (χ2n) is 5.53. The highest BCUT2D eigenvalue weighted by atomic mass is 16.5. The van der Waals surface area contributed by atoms with Gasteiger partial charge < -0.3 is 15.2 Å². The molecule has 3 rings (SSSR count). The van der Waals surface area contributed by atoms with Gasteiger partial charge in [0.2, 0.25) is 0 Å². The number of fused-ring (bicyclic) bond motifs is 1. The van der Waals surface area contributed by atoms with Gasteiger partial charge >= 0.3 is 0 Å². The third-order valence-corrected chi connectivity index (χ3v) is 3.97. The Hall–Kier alpha value is -2.84. The molecule has 25 heavy (non-hydrogen) atoms. The average Bonchev–Trinajstić information content (AvgIpc) is 3.26. The number of nitrogens with one attached hydrogen (secondary N) is 1. The van der Waals surface area contributed by atoms with Crippen molar-refractivity contribution in [2.45, 2.75) is 25.2 Å². The van der Waals surface area contributed by atoms with E-state index in [-0.39, 0.29) is 24.8 Å². The summed E-state index contributed by atoms with van der Waals surface area (Å²) in [6.45, 7) is 7.17. The maximum atomic E-state index is 12.3. The molecule has 2 aromatic rings. The van der Waals surface area contributed by atoms with Gasteiger partial charge in [0, 0.05) is 5.57 Å². The van der Waals surface area contributed by atoms with Gasteiger partial charge in [-0.2, -0.15) is 0 Å². The van der Waals surface area contributed by atoms with Gasteiger partial charge in [-0.15, -0.1) is 0 Å². The predicted octanol–water partition coefficient (Wildman–Crippen LogP) is 1.73. The van der Waals surface area contributed by atoms with Crippen LogP contribution >= 0.6 is 0 Å². The Morgan fingerprint density at radius 1 is 1.40 bits per heavy atom. The van der Waals surface area contributed by atoms with Crippen molar-refractivity contribution in [2.24, 2.45) is 0 Å². The number of carbonyl (C=O) groups is 1. The fourth-order valence-electron chi connectivity index (χ4n) is 2.72. The van der Waals surface area contributed by atoms with E-state index in [9.17, 15) is 9.90 Å². The molecule has 8 nitrogen and oxygen atoms in total. The largest absolute Gasteiger partial charge is 0.394 e. The molecule has 0 aliphatic carbocycles. The molecule has 3 heterocycles. The number of aliphatic hydroxyl groups excluding tert-OH is 1. The first-order valence-corrected chi connectivity index (χ1v) is 7.88. The number of ether oxygens (including phenoxy) is 1. The number of imidazole rings is 1. The molecule has 2 atom stereocenters. The van der Waals surface area contributed by atoms with Crippen molar-refractivity contribution in [1.82, 2.24) is 19.5 Å². The molecule has 0 aromatic carbocycles. The Balaban J connectivity index is 1.89. The lowest BCUT2D eigenvalue weighted by molar-refractivity contribution is -0.112. The van der Waals surface area contributed by atoms with Crippen LogP contribution in [0.4, 0.5) is 5.82 Å². The smallest absolute Gasteiger partial charge is 0.256 e. The summed E-state index contributed by atoms with van der Waals surface area (Å²) < 4.78 is 7.55. The molecule has 8 heteroatoms. The van der Waals surface area contributed by atoms with Crippen LogP contribution < -0.4 is 5.32 Å². The van der Waals surface area contributed by atoms with Crippen molar-refractivity contribution in [3.05, 3.63) is 49.6 Å². The van der Waals surface area contributed by atoms with Crippen LogP contribution in [0.25, 0.3) is 11.2 Å². The van der Waals surface area contributed by atoms with Crippen molar-refractivity contribution >= 4 is 22.9 Å².